The summed E-state index contributed by atoms with van der Waals surface area (Å²) in [7, 11) is 0. The van der Waals surface area contributed by atoms with Crippen molar-refractivity contribution in [1.82, 2.24) is 5.32 Å². The van der Waals surface area contributed by atoms with Gasteiger partial charge in [-0.1, -0.05) is 6.58 Å². The minimum absolute atomic E-state index is 0.0694. The molecular weight excluding hydrogens is 198 g/mol. The van der Waals surface area contributed by atoms with Gasteiger partial charge >= 0.3 is 6.18 Å². The predicted molar refractivity (Wildman–Crippen MR) is 45.7 cm³/mol. The molecule has 5 heteroatoms. The van der Waals surface area contributed by atoms with Crippen LogP contribution in [0.25, 0.3) is 0 Å². The van der Waals surface area contributed by atoms with E-state index in [9.17, 15) is 17.6 Å². The van der Waals surface area contributed by atoms with Crippen molar-refractivity contribution in [3.05, 3.63) is 12.2 Å². The highest BCUT2D eigenvalue weighted by molar-refractivity contribution is 5.20. The normalized spacial score (nSPS) is 34.2. The molecule has 2 unspecified atom stereocenters. The number of hydrogen-bond donors (Lipinski definition) is 1. The van der Waals surface area contributed by atoms with Crippen LogP contribution < -0.4 is 5.32 Å². The van der Waals surface area contributed by atoms with Crippen LogP contribution in [0.5, 0.6) is 0 Å². The molecule has 0 aliphatic carbocycles. The van der Waals surface area contributed by atoms with Gasteiger partial charge in [0, 0.05) is 12.6 Å². The molecule has 1 N–H and O–H groups in total. The first-order valence-corrected chi connectivity index (χ1v) is 4.44. The summed E-state index contributed by atoms with van der Waals surface area (Å²) >= 11 is 0. The Morgan fingerprint density at radius 3 is 2.43 bits per heavy atom. The van der Waals surface area contributed by atoms with Crippen LogP contribution in [0, 0.1) is 0 Å². The van der Waals surface area contributed by atoms with Crippen molar-refractivity contribution in [3.8, 4) is 0 Å². The van der Waals surface area contributed by atoms with E-state index in [0.717, 1.165) is 0 Å². The Morgan fingerprint density at radius 2 is 2.07 bits per heavy atom. The summed E-state index contributed by atoms with van der Waals surface area (Å²) in [6.45, 7) is 4.32. The maximum Gasteiger partial charge on any atom is 0.415 e. The molecule has 0 aromatic heterocycles. The van der Waals surface area contributed by atoms with Crippen molar-refractivity contribution >= 4 is 0 Å². The van der Waals surface area contributed by atoms with Crippen LogP contribution in [-0.4, -0.2) is 24.4 Å². The van der Waals surface area contributed by atoms with Crippen molar-refractivity contribution in [2.24, 2.45) is 0 Å². The lowest BCUT2D eigenvalue weighted by molar-refractivity contribution is -0.112. The molecule has 0 spiro atoms. The average Bonchev–Trinajstić information content (AvgIpc) is 2.08. The average molecular weight is 211 g/mol. The fourth-order valence-corrected chi connectivity index (χ4v) is 1.48. The first-order valence-electron chi connectivity index (χ1n) is 4.44. The third-order valence-corrected chi connectivity index (χ3v) is 2.59. The van der Waals surface area contributed by atoms with Gasteiger partial charge < -0.3 is 5.32 Å². The van der Waals surface area contributed by atoms with Crippen molar-refractivity contribution < 1.29 is 17.6 Å². The van der Waals surface area contributed by atoms with Gasteiger partial charge in [0.1, 0.15) is 0 Å². The van der Waals surface area contributed by atoms with Gasteiger partial charge in [0.2, 0.25) is 0 Å². The zero-order valence-electron chi connectivity index (χ0n) is 7.92. The first-order chi connectivity index (χ1) is 6.26. The fraction of sp³-hybridized carbons (Fsp3) is 0.778. The Bertz CT molecular complexity index is 225. The summed E-state index contributed by atoms with van der Waals surface area (Å²) in [6, 6.07) is 0.0694. The predicted octanol–water partition coefficient (Wildman–Crippen LogP) is 2.59. The number of piperidine rings is 1. The van der Waals surface area contributed by atoms with Crippen LogP contribution in [0.4, 0.5) is 17.6 Å². The second-order valence-electron chi connectivity index (χ2n) is 3.76. The van der Waals surface area contributed by atoms with Crippen LogP contribution in [0.2, 0.25) is 0 Å². The van der Waals surface area contributed by atoms with Gasteiger partial charge in [0.05, 0.1) is 5.57 Å². The highest BCUT2D eigenvalue weighted by atomic mass is 19.4. The van der Waals surface area contributed by atoms with Gasteiger partial charge in [-0.25, -0.2) is 4.39 Å². The molecule has 1 heterocycles. The van der Waals surface area contributed by atoms with Gasteiger partial charge in [-0.15, -0.1) is 0 Å². The van der Waals surface area contributed by atoms with E-state index in [-0.39, 0.29) is 19.0 Å². The Hall–Kier alpha value is -0.580. The van der Waals surface area contributed by atoms with Crippen molar-refractivity contribution in [3.63, 3.8) is 0 Å². The van der Waals surface area contributed by atoms with Gasteiger partial charge in [-0.2, -0.15) is 13.2 Å². The molecule has 0 aromatic carbocycles. The number of halogens is 4. The zero-order chi connectivity index (χ0) is 11.0. The summed E-state index contributed by atoms with van der Waals surface area (Å²) in [6.07, 6.45) is -4.36. The van der Waals surface area contributed by atoms with Gasteiger partial charge in [0.15, 0.2) is 5.67 Å². The van der Waals surface area contributed by atoms with E-state index in [0.29, 0.717) is 6.42 Å². The Kier molecular flexibility index (Phi) is 2.90. The lowest BCUT2D eigenvalue weighted by Gasteiger charge is -2.35. The standard InChI is InChI=1S/C9H13F4N/c1-6-3-4-8(10,5-14-6)7(2)9(11,12)13/h6,14H,2-5H2,1H3. The molecule has 14 heavy (non-hydrogen) atoms. The molecule has 2 atom stereocenters. The lowest BCUT2D eigenvalue weighted by atomic mass is 9.86. The molecule has 0 saturated carbocycles. The SMILES string of the molecule is C=C(C(F)(F)F)C1(F)CCC(C)NC1. The van der Waals surface area contributed by atoms with E-state index in [2.05, 4.69) is 11.9 Å². The summed E-state index contributed by atoms with van der Waals surface area (Å²) in [4.78, 5) is 0. The number of hydrogen-bond acceptors (Lipinski definition) is 1. The molecular formula is C9H13F4N. The Morgan fingerprint density at radius 1 is 1.50 bits per heavy atom. The molecule has 1 aliphatic rings. The van der Waals surface area contributed by atoms with Crippen LogP contribution in [0.1, 0.15) is 19.8 Å². The summed E-state index contributed by atoms with van der Waals surface area (Å²) in [5.74, 6) is 0. The number of alkyl halides is 4. The number of rotatable bonds is 1. The van der Waals surface area contributed by atoms with Crippen LogP contribution in [0.15, 0.2) is 12.2 Å². The zero-order valence-corrected chi connectivity index (χ0v) is 7.92. The monoisotopic (exact) mass is 211 g/mol. The second kappa shape index (κ2) is 3.53. The molecule has 0 amide bonds. The smallest absolute Gasteiger partial charge is 0.311 e. The third-order valence-electron chi connectivity index (χ3n) is 2.59. The molecule has 0 aromatic rings. The minimum Gasteiger partial charge on any atom is -0.311 e. The lowest BCUT2D eigenvalue weighted by Crippen LogP contribution is -2.49. The van der Waals surface area contributed by atoms with Crippen LogP contribution in [-0.2, 0) is 0 Å². The van der Waals surface area contributed by atoms with E-state index >= 15 is 0 Å². The minimum atomic E-state index is -4.64. The van der Waals surface area contributed by atoms with Crippen molar-refractivity contribution in [1.29, 1.82) is 0 Å². The van der Waals surface area contributed by atoms with Crippen LogP contribution >= 0.6 is 0 Å². The molecule has 1 aliphatic heterocycles. The second-order valence-corrected chi connectivity index (χ2v) is 3.76. The van der Waals surface area contributed by atoms with E-state index < -0.39 is 17.4 Å². The van der Waals surface area contributed by atoms with Crippen LogP contribution in [0.3, 0.4) is 0 Å². The van der Waals surface area contributed by atoms with Crippen molar-refractivity contribution in [2.45, 2.75) is 37.7 Å². The highest BCUT2D eigenvalue weighted by Gasteiger charge is 2.48. The maximum absolute atomic E-state index is 13.8. The molecule has 1 fully saturated rings. The van der Waals surface area contributed by atoms with Crippen molar-refractivity contribution in [2.75, 3.05) is 6.54 Å². The summed E-state index contributed by atoms with van der Waals surface area (Å²) in [5, 5.41) is 2.69. The summed E-state index contributed by atoms with van der Waals surface area (Å²) < 4.78 is 50.4. The van der Waals surface area contributed by atoms with E-state index in [1.54, 1.807) is 0 Å². The fourth-order valence-electron chi connectivity index (χ4n) is 1.48. The largest absolute Gasteiger partial charge is 0.415 e. The van der Waals surface area contributed by atoms with Gasteiger partial charge in [0.25, 0.3) is 0 Å². The first kappa shape index (κ1) is 11.5. The quantitative estimate of drug-likeness (QED) is 0.519. The van der Waals surface area contributed by atoms with E-state index in [4.69, 9.17) is 0 Å². The molecule has 82 valence electrons. The number of nitrogens with one attached hydrogen (secondary N) is 1. The summed E-state index contributed by atoms with van der Waals surface area (Å²) in [5.41, 5.74) is -3.60. The Labute approximate surface area is 80.2 Å². The van der Waals surface area contributed by atoms with E-state index in [1.165, 1.54) is 0 Å². The topological polar surface area (TPSA) is 12.0 Å². The van der Waals surface area contributed by atoms with E-state index in [1.807, 2.05) is 6.92 Å². The molecule has 0 bridgehead atoms. The third kappa shape index (κ3) is 2.26. The molecule has 1 saturated heterocycles. The molecule has 1 nitrogen and oxygen atoms in total. The maximum atomic E-state index is 13.8. The van der Waals surface area contributed by atoms with Gasteiger partial charge in [-0.3, -0.25) is 0 Å². The highest BCUT2D eigenvalue weighted by Crippen LogP contribution is 2.39. The molecule has 0 radical (unpaired) electrons. The molecule has 1 rings (SSSR count). The van der Waals surface area contributed by atoms with Gasteiger partial charge in [-0.05, 0) is 19.8 Å². The Balaban J connectivity index is 2.72.